The van der Waals surface area contributed by atoms with Crippen LogP contribution in [0.25, 0.3) is 0 Å². The zero-order valence-electron chi connectivity index (χ0n) is 8.55. The summed E-state index contributed by atoms with van der Waals surface area (Å²) in [5.41, 5.74) is 1.30. The highest BCUT2D eigenvalue weighted by molar-refractivity contribution is 6.31. The van der Waals surface area contributed by atoms with E-state index in [0.29, 0.717) is 5.92 Å². The molecule has 14 heavy (non-hydrogen) atoms. The molecule has 0 bridgehead atoms. The van der Waals surface area contributed by atoms with E-state index in [2.05, 4.69) is 0 Å². The Morgan fingerprint density at radius 3 is 2.57 bits per heavy atom. The topological polar surface area (TPSA) is 20.2 Å². The van der Waals surface area contributed by atoms with Gasteiger partial charge in [0.15, 0.2) is 0 Å². The van der Waals surface area contributed by atoms with Crippen molar-refractivity contribution in [3.05, 3.63) is 34.3 Å². The van der Waals surface area contributed by atoms with Gasteiger partial charge in [0.25, 0.3) is 0 Å². The van der Waals surface area contributed by atoms with Crippen LogP contribution in [0.15, 0.2) is 18.2 Å². The predicted octanol–water partition coefficient (Wildman–Crippen LogP) is 3.27. The van der Waals surface area contributed by atoms with Gasteiger partial charge in [0.05, 0.1) is 5.60 Å². The minimum atomic E-state index is -0.697. The lowest BCUT2D eigenvalue weighted by atomic mass is 9.90. The Kier molecular flexibility index (Phi) is 2.32. The van der Waals surface area contributed by atoms with E-state index < -0.39 is 5.60 Å². The van der Waals surface area contributed by atoms with Crippen molar-refractivity contribution in [2.75, 3.05) is 0 Å². The Bertz CT molecular complexity index is 353. The second-order valence-electron chi connectivity index (χ2n) is 4.39. The summed E-state index contributed by atoms with van der Waals surface area (Å²) in [4.78, 5) is 0. The Morgan fingerprint density at radius 1 is 1.43 bits per heavy atom. The van der Waals surface area contributed by atoms with Crippen molar-refractivity contribution in [2.45, 2.75) is 32.3 Å². The molecule has 1 atom stereocenters. The normalized spacial score (nSPS) is 20.6. The van der Waals surface area contributed by atoms with Crippen molar-refractivity contribution < 1.29 is 5.11 Å². The average molecular weight is 211 g/mol. The summed E-state index contributed by atoms with van der Waals surface area (Å²) >= 11 is 6.03. The number of benzene rings is 1. The highest BCUT2D eigenvalue weighted by Crippen LogP contribution is 2.45. The minimum Gasteiger partial charge on any atom is -0.385 e. The van der Waals surface area contributed by atoms with Crippen molar-refractivity contribution in [1.29, 1.82) is 0 Å². The van der Waals surface area contributed by atoms with E-state index in [4.69, 9.17) is 11.6 Å². The van der Waals surface area contributed by atoms with Gasteiger partial charge in [-0.2, -0.15) is 0 Å². The summed E-state index contributed by atoms with van der Waals surface area (Å²) < 4.78 is 0. The average Bonchev–Trinajstić information content (AvgIpc) is 2.92. The molecule has 2 heteroatoms. The predicted molar refractivity (Wildman–Crippen MR) is 58.5 cm³/mol. The van der Waals surface area contributed by atoms with Gasteiger partial charge in [-0.05, 0) is 49.8 Å². The van der Waals surface area contributed by atoms with Crippen LogP contribution in [0.3, 0.4) is 0 Å². The molecule has 0 saturated heterocycles. The van der Waals surface area contributed by atoms with Crippen LogP contribution in [0.1, 0.15) is 30.9 Å². The van der Waals surface area contributed by atoms with Crippen LogP contribution in [0.5, 0.6) is 0 Å². The number of aliphatic hydroxyl groups is 1. The Morgan fingerprint density at radius 2 is 2.07 bits per heavy atom. The molecule has 1 saturated carbocycles. The van der Waals surface area contributed by atoms with E-state index >= 15 is 0 Å². The molecule has 1 aliphatic rings. The van der Waals surface area contributed by atoms with Crippen LogP contribution in [0, 0.1) is 12.8 Å². The number of aryl methyl sites for hydroxylation is 1. The molecule has 1 aromatic rings. The van der Waals surface area contributed by atoms with Crippen LogP contribution in [0.2, 0.25) is 5.02 Å². The molecular formula is C12H15ClO. The molecule has 76 valence electrons. The van der Waals surface area contributed by atoms with Crippen molar-refractivity contribution in [3.8, 4) is 0 Å². The van der Waals surface area contributed by atoms with Gasteiger partial charge in [-0.15, -0.1) is 0 Å². The third kappa shape index (κ3) is 1.67. The fourth-order valence-electron chi connectivity index (χ4n) is 1.79. The quantitative estimate of drug-likeness (QED) is 0.795. The summed E-state index contributed by atoms with van der Waals surface area (Å²) in [5.74, 6) is 0.418. The van der Waals surface area contributed by atoms with Crippen LogP contribution < -0.4 is 0 Å². The second kappa shape index (κ2) is 3.25. The second-order valence-corrected chi connectivity index (χ2v) is 4.79. The maximum absolute atomic E-state index is 10.3. The standard InChI is InChI=1S/C12H15ClO/c1-8-3-4-10(7-11(8)13)12(2,14)9-5-6-9/h3-4,7,9,14H,5-6H2,1-2H3/t12-/m0/s1. The molecule has 2 rings (SSSR count). The molecular weight excluding hydrogens is 196 g/mol. The highest BCUT2D eigenvalue weighted by Gasteiger charge is 2.41. The van der Waals surface area contributed by atoms with E-state index in [-0.39, 0.29) is 0 Å². The number of hydrogen-bond donors (Lipinski definition) is 1. The van der Waals surface area contributed by atoms with E-state index in [9.17, 15) is 5.11 Å². The first-order chi connectivity index (χ1) is 6.51. The Balaban J connectivity index is 2.36. The number of rotatable bonds is 2. The molecule has 0 aliphatic heterocycles. The molecule has 1 nitrogen and oxygen atoms in total. The monoisotopic (exact) mass is 210 g/mol. The van der Waals surface area contributed by atoms with Crippen LogP contribution >= 0.6 is 11.6 Å². The first kappa shape index (κ1) is 10.0. The molecule has 0 heterocycles. The fraction of sp³-hybridized carbons (Fsp3) is 0.500. The van der Waals surface area contributed by atoms with Crippen molar-refractivity contribution in [3.63, 3.8) is 0 Å². The number of hydrogen-bond acceptors (Lipinski definition) is 1. The summed E-state index contributed by atoms with van der Waals surface area (Å²) in [5, 5.41) is 11.0. The van der Waals surface area contributed by atoms with Crippen molar-refractivity contribution in [1.82, 2.24) is 0 Å². The van der Waals surface area contributed by atoms with Gasteiger partial charge in [0, 0.05) is 5.02 Å². The van der Waals surface area contributed by atoms with E-state index in [1.54, 1.807) is 0 Å². The maximum Gasteiger partial charge on any atom is 0.0897 e. The van der Waals surface area contributed by atoms with Crippen LogP contribution in [0.4, 0.5) is 0 Å². The van der Waals surface area contributed by atoms with Gasteiger partial charge in [-0.1, -0.05) is 23.7 Å². The van der Waals surface area contributed by atoms with Gasteiger partial charge in [0.1, 0.15) is 0 Å². The smallest absolute Gasteiger partial charge is 0.0897 e. The molecule has 0 unspecified atom stereocenters. The summed E-state index contributed by atoms with van der Waals surface area (Å²) in [7, 11) is 0. The van der Waals surface area contributed by atoms with Crippen LogP contribution in [-0.2, 0) is 5.60 Å². The van der Waals surface area contributed by atoms with Gasteiger partial charge in [-0.25, -0.2) is 0 Å². The minimum absolute atomic E-state index is 0.418. The van der Waals surface area contributed by atoms with Crippen molar-refractivity contribution >= 4 is 11.6 Å². The SMILES string of the molecule is Cc1ccc([C@@](C)(O)C2CC2)cc1Cl. The molecule has 0 amide bonds. The van der Waals surface area contributed by atoms with E-state index in [1.807, 2.05) is 32.0 Å². The van der Waals surface area contributed by atoms with Crippen molar-refractivity contribution in [2.24, 2.45) is 5.92 Å². The molecule has 1 N–H and O–H groups in total. The zero-order valence-corrected chi connectivity index (χ0v) is 9.30. The first-order valence-corrected chi connectivity index (χ1v) is 5.38. The third-order valence-electron chi connectivity index (χ3n) is 3.13. The number of halogens is 1. The fourth-order valence-corrected chi connectivity index (χ4v) is 1.97. The first-order valence-electron chi connectivity index (χ1n) is 5.01. The molecule has 1 fully saturated rings. The Hall–Kier alpha value is -0.530. The molecule has 1 aliphatic carbocycles. The van der Waals surface area contributed by atoms with Gasteiger partial charge >= 0.3 is 0 Å². The molecule has 0 spiro atoms. The van der Waals surface area contributed by atoms with Gasteiger partial charge in [0.2, 0.25) is 0 Å². The lowest BCUT2D eigenvalue weighted by molar-refractivity contribution is 0.0331. The summed E-state index contributed by atoms with van der Waals surface area (Å²) in [6, 6.07) is 5.82. The lowest BCUT2D eigenvalue weighted by Gasteiger charge is -2.24. The lowest BCUT2D eigenvalue weighted by Crippen LogP contribution is -2.23. The summed E-state index contributed by atoms with van der Waals surface area (Å²) in [6.07, 6.45) is 2.25. The largest absolute Gasteiger partial charge is 0.385 e. The zero-order chi connectivity index (χ0) is 10.3. The highest BCUT2D eigenvalue weighted by atomic mass is 35.5. The molecule has 0 radical (unpaired) electrons. The molecule has 0 aromatic heterocycles. The maximum atomic E-state index is 10.3. The van der Waals surface area contributed by atoms with Crippen LogP contribution in [-0.4, -0.2) is 5.11 Å². The van der Waals surface area contributed by atoms with E-state index in [0.717, 1.165) is 29.0 Å². The summed E-state index contributed by atoms with van der Waals surface area (Å²) in [6.45, 7) is 3.85. The van der Waals surface area contributed by atoms with E-state index in [1.165, 1.54) is 0 Å². The molecule has 1 aromatic carbocycles. The van der Waals surface area contributed by atoms with Gasteiger partial charge in [-0.3, -0.25) is 0 Å². The van der Waals surface area contributed by atoms with Gasteiger partial charge < -0.3 is 5.11 Å². The third-order valence-corrected chi connectivity index (χ3v) is 3.54. The Labute approximate surface area is 89.7 Å².